The monoisotopic (exact) mass is 861 g/mol. The quantitative estimate of drug-likeness (QED) is 0.0890. The second kappa shape index (κ2) is 16.9. The van der Waals surface area contributed by atoms with Crippen LogP contribution >= 0.6 is 0 Å². The van der Waals surface area contributed by atoms with Gasteiger partial charge in [-0.05, 0) is 84.9 Å². The Hall–Kier alpha value is -4.12. The SMILES string of the molecule is CCC(CC)C(=O)/C=C(\O)C(CC)CC.[2H]c1cc(-c2ncnc3c2oc2cc(-c4c(C)cc(C(C)(C)C)cc4C)ccc23)[c-]c2ccccc12.[Ir]. The average Bonchev–Trinajstić information content (AvgIpc) is 3.47. The third-order valence-electron chi connectivity index (χ3n) is 9.85. The van der Waals surface area contributed by atoms with Gasteiger partial charge >= 0.3 is 0 Å². The molecule has 1 N–H and O–H groups in total. The fourth-order valence-electron chi connectivity index (χ4n) is 6.73. The van der Waals surface area contributed by atoms with E-state index in [2.05, 4.69) is 81.0 Å². The van der Waals surface area contributed by atoms with Gasteiger partial charge < -0.3 is 9.52 Å². The number of aryl methyl sites for hydroxylation is 2. The van der Waals surface area contributed by atoms with Crippen LogP contribution in [0.25, 0.3) is 55.2 Å². The maximum Gasteiger partial charge on any atom is 0.162 e. The molecule has 6 heteroatoms. The van der Waals surface area contributed by atoms with Crippen molar-refractivity contribution in [2.45, 2.75) is 93.4 Å². The van der Waals surface area contributed by atoms with E-state index >= 15 is 0 Å². The number of nitrogens with zero attached hydrogens (tertiary/aromatic N) is 2. The molecule has 0 fully saturated rings. The second-order valence-corrected chi connectivity index (χ2v) is 14.3. The summed E-state index contributed by atoms with van der Waals surface area (Å²) in [5, 5.41) is 12.5. The molecule has 0 amide bonds. The summed E-state index contributed by atoms with van der Waals surface area (Å²) in [6, 6.07) is 24.4. The minimum atomic E-state index is 0. The Morgan fingerprint density at radius 1 is 0.922 bits per heavy atom. The van der Waals surface area contributed by atoms with E-state index in [9.17, 15) is 9.90 Å². The number of furan rings is 1. The van der Waals surface area contributed by atoms with Gasteiger partial charge in [-0.1, -0.05) is 95.8 Å². The van der Waals surface area contributed by atoms with Crippen molar-refractivity contribution in [3.63, 3.8) is 0 Å². The molecule has 0 saturated carbocycles. The molecule has 0 unspecified atom stereocenters. The van der Waals surface area contributed by atoms with Crippen LogP contribution in [0.3, 0.4) is 0 Å². The van der Waals surface area contributed by atoms with E-state index in [0.717, 1.165) is 64.1 Å². The summed E-state index contributed by atoms with van der Waals surface area (Å²) in [5.41, 5.74) is 9.85. The summed E-state index contributed by atoms with van der Waals surface area (Å²) >= 11 is 0. The van der Waals surface area contributed by atoms with E-state index in [0.29, 0.717) is 17.3 Å². The minimum absolute atomic E-state index is 0. The number of rotatable bonds is 9. The zero-order chi connectivity index (χ0) is 37.0. The molecule has 0 saturated heterocycles. The van der Waals surface area contributed by atoms with Crippen LogP contribution < -0.4 is 0 Å². The van der Waals surface area contributed by atoms with Crippen LogP contribution in [0.2, 0.25) is 0 Å². The Morgan fingerprint density at radius 2 is 1.57 bits per heavy atom. The third-order valence-corrected chi connectivity index (χ3v) is 9.85. The topological polar surface area (TPSA) is 76.2 Å². The molecule has 2 aromatic heterocycles. The van der Waals surface area contributed by atoms with Crippen molar-refractivity contribution in [2.24, 2.45) is 11.8 Å². The van der Waals surface area contributed by atoms with Crippen LogP contribution in [0.15, 0.2) is 89.3 Å². The normalized spacial score (nSPS) is 12.3. The molecule has 0 bridgehead atoms. The Labute approximate surface area is 318 Å². The zero-order valence-electron chi connectivity index (χ0n) is 32.4. The number of allylic oxidation sites excluding steroid dienone is 2. The molecular formula is C45H51IrN2O3-. The molecule has 2 heterocycles. The van der Waals surface area contributed by atoms with E-state index < -0.39 is 0 Å². The number of aromatic nitrogens is 2. The number of benzene rings is 4. The van der Waals surface area contributed by atoms with Crippen molar-refractivity contribution < 1.29 is 35.8 Å². The Morgan fingerprint density at radius 3 is 2.20 bits per heavy atom. The number of hydrogen-bond donors (Lipinski definition) is 1. The van der Waals surface area contributed by atoms with Crippen LogP contribution in [0.1, 0.15) is 92.2 Å². The summed E-state index contributed by atoms with van der Waals surface area (Å²) in [6.45, 7) is 19.2. The Balaban J connectivity index is 0.000000323. The molecule has 0 aliphatic rings. The molecule has 51 heavy (non-hydrogen) atoms. The number of hydrogen-bond acceptors (Lipinski definition) is 5. The predicted molar refractivity (Wildman–Crippen MR) is 209 cm³/mol. The van der Waals surface area contributed by atoms with Crippen molar-refractivity contribution >= 4 is 38.6 Å². The van der Waals surface area contributed by atoms with E-state index in [1.807, 2.05) is 52.0 Å². The smallest absolute Gasteiger partial charge is 0.162 e. The average molecular weight is 861 g/mol. The number of carbonyl (C=O) groups excluding carboxylic acids is 1. The van der Waals surface area contributed by atoms with Gasteiger partial charge in [-0.2, -0.15) is 0 Å². The zero-order valence-corrected chi connectivity index (χ0v) is 33.8. The first-order chi connectivity index (χ1) is 24.3. The predicted octanol–water partition coefficient (Wildman–Crippen LogP) is 12.4. The first-order valence-electron chi connectivity index (χ1n) is 18.5. The molecule has 0 atom stereocenters. The van der Waals surface area contributed by atoms with Crippen molar-refractivity contribution in [1.29, 1.82) is 0 Å². The molecule has 0 aliphatic heterocycles. The first kappa shape index (κ1) is 38.1. The van der Waals surface area contributed by atoms with Crippen molar-refractivity contribution in [1.82, 2.24) is 9.97 Å². The molecule has 0 spiro atoms. The van der Waals surface area contributed by atoms with E-state index in [1.165, 1.54) is 28.3 Å². The number of ketones is 1. The van der Waals surface area contributed by atoms with E-state index in [-0.39, 0.29) is 48.9 Å². The number of aliphatic hydroxyl groups excluding tert-OH is 1. The maximum absolute atomic E-state index is 11.7. The largest absolute Gasteiger partial charge is 0.512 e. The maximum atomic E-state index is 11.7. The molecule has 6 rings (SSSR count). The molecule has 1 radical (unpaired) electrons. The molecule has 0 aliphatic carbocycles. The minimum Gasteiger partial charge on any atom is -0.512 e. The van der Waals surface area contributed by atoms with Gasteiger partial charge in [-0.3, -0.25) is 9.78 Å². The summed E-state index contributed by atoms with van der Waals surface area (Å²) in [5.74, 6) is 0.547. The van der Waals surface area contributed by atoms with E-state index in [1.54, 1.807) is 12.4 Å². The Kier molecular flexibility index (Phi) is 12.7. The van der Waals surface area contributed by atoms with Crippen LogP contribution in [0.5, 0.6) is 0 Å². The van der Waals surface area contributed by atoms with Crippen molar-refractivity contribution in [2.75, 3.05) is 0 Å². The van der Waals surface area contributed by atoms with E-state index in [4.69, 9.17) is 5.79 Å². The number of aliphatic hydroxyl groups is 1. The van der Waals surface area contributed by atoms with Crippen LogP contribution in [0.4, 0.5) is 0 Å². The second-order valence-electron chi connectivity index (χ2n) is 14.3. The summed E-state index contributed by atoms with van der Waals surface area (Å²) in [7, 11) is 0. The molecular weight excluding hydrogens is 809 g/mol. The molecule has 5 nitrogen and oxygen atoms in total. The Bertz CT molecular complexity index is 2200. The van der Waals surface area contributed by atoms with Gasteiger partial charge in [-0.25, -0.2) is 4.98 Å². The summed E-state index contributed by atoms with van der Waals surface area (Å²) in [4.78, 5) is 20.8. The van der Waals surface area contributed by atoms with Crippen LogP contribution in [-0.4, -0.2) is 20.9 Å². The summed E-state index contributed by atoms with van der Waals surface area (Å²) in [6.07, 6.45) is 6.47. The van der Waals surface area contributed by atoms with Gasteiger partial charge in [0, 0.05) is 44.8 Å². The molecule has 269 valence electrons. The van der Waals surface area contributed by atoms with Crippen LogP contribution in [-0.2, 0) is 30.3 Å². The number of carbonyl (C=O) groups is 1. The van der Waals surface area contributed by atoms with Gasteiger partial charge in [0.1, 0.15) is 23.0 Å². The van der Waals surface area contributed by atoms with Crippen LogP contribution in [0, 0.1) is 31.7 Å². The third kappa shape index (κ3) is 8.68. The van der Waals surface area contributed by atoms with Gasteiger partial charge in [0.05, 0.1) is 11.5 Å². The molecule has 6 aromatic rings. The van der Waals surface area contributed by atoms with Crippen molar-refractivity contribution in [3.8, 4) is 22.4 Å². The van der Waals surface area contributed by atoms with Crippen molar-refractivity contribution in [3.05, 3.63) is 108 Å². The van der Waals surface area contributed by atoms with Gasteiger partial charge in [0.15, 0.2) is 5.78 Å². The first-order valence-corrected chi connectivity index (χ1v) is 18.0. The number of fused-ring (bicyclic) bond motifs is 4. The van der Waals surface area contributed by atoms with Gasteiger partial charge in [0.2, 0.25) is 0 Å². The summed E-state index contributed by atoms with van der Waals surface area (Å²) < 4.78 is 14.9. The fourth-order valence-corrected chi connectivity index (χ4v) is 6.73. The molecule has 4 aromatic carbocycles. The standard InChI is InChI=1S/C32H27N2O.C13H24O2.Ir/c1-19-14-25(32(3,4)5)15-20(2)28(19)23-12-13-26-27(17-23)35-31-29(33-18-34-30(26)31)24-11-10-21-8-6-7-9-22(21)16-24;1-5-10(6-2)12(14)9-13(15)11(7-3)8-4;/h6-15,17-18H,1-5H3;9-11,14H,5-8H2,1-4H3;/q-1;;/b;12-9-;/i10D;;. The fraction of sp³-hybridized carbons (Fsp3) is 0.356. The van der Waals surface area contributed by atoms with Gasteiger partial charge in [-0.15, -0.1) is 29.6 Å². The van der Waals surface area contributed by atoms with Gasteiger partial charge in [0.25, 0.3) is 0 Å².